The molecule has 4 nitrogen and oxygen atoms in total. The number of rotatable bonds is 5. The van der Waals surface area contributed by atoms with Gasteiger partial charge in [0, 0.05) is 40.8 Å². The summed E-state index contributed by atoms with van der Waals surface area (Å²) in [6.07, 6.45) is 2.84. The zero-order valence-electron chi connectivity index (χ0n) is 14.6. The second-order valence-electron chi connectivity index (χ2n) is 6.77. The van der Waals surface area contributed by atoms with Crippen LogP contribution in [0.2, 0.25) is 0 Å². The monoisotopic (exact) mass is 330 g/mol. The zero-order valence-corrected chi connectivity index (χ0v) is 14.6. The summed E-state index contributed by atoms with van der Waals surface area (Å²) in [5.74, 6) is 1.41. The number of para-hydroxylation sites is 1. The smallest absolute Gasteiger partial charge is 0.109 e. The first-order valence-electron chi connectivity index (χ1n) is 8.59. The van der Waals surface area contributed by atoms with E-state index in [1.165, 1.54) is 10.9 Å². The molecule has 3 N–H and O–H groups in total. The SMILES string of the molecule is C=C(Cc1c[nH]c2ccccc12)Nc1ccc2nc(C(C)C)[nH]c2c1. The normalized spacial score (nSPS) is 11.5. The summed E-state index contributed by atoms with van der Waals surface area (Å²) in [4.78, 5) is 11.3. The lowest BCUT2D eigenvalue weighted by atomic mass is 10.1. The molecule has 2 aromatic heterocycles. The van der Waals surface area contributed by atoms with E-state index in [1.807, 2.05) is 18.2 Å². The number of aromatic nitrogens is 3. The molecule has 0 radical (unpaired) electrons. The van der Waals surface area contributed by atoms with Gasteiger partial charge in [-0.05, 0) is 29.8 Å². The second kappa shape index (κ2) is 6.13. The van der Waals surface area contributed by atoms with Crippen LogP contribution in [0.25, 0.3) is 21.9 Å². The van der Waals surface area contributed by atoms with Crippen molar-refractivity contribution in [3.63, 3.8) is 0 Å². The minimum Gasteiger partial charge on any atom is -0.361 e. The van der Waals surface area contributed by atoms with Crippen LogP contribution in [0, 0.1) is 0 Å². The number of hydrogen-bond donors (Lipinski definition) is 3. The molecule has 2 heterocycles. The number of anilines is 1. The number of H-pyrrole nitrogens is 2. The van der Waals surface area contributed by atoms with Crippen LogP contribution in [-0.4, -0.2) is 15.0 Å². The van der Waals surface area contributed by atoms with Gasteiger partial charge in [0.05, 0.1) is 11.0 Å². The molecule has 0 amide bonds. The van der Waals surface area contributed by atoms with E-state index < -0.39 is 0 Å². The third-order valence-corrected chi connectivity index (χ3v) is 4.45. The van der Waals surface area contributed by atoms with Gasteiger partial charge in [0.25, 0.3) is 0 Å². The molecule has 0 aliphatic heterocycles. The Morgan fingerprint density at radius 3 is 2.84 bits per heavy atom. The fourth-order valence-electron chi connectivity index (χ4n) is 3.14. The highest BCUT2D eigenvalue weighted by atomic mass is 14.9. The van der Waals surface area contributed by atoms with E-state index in [2.05, 4.69) is 71.2 Å². The maximum atomic E-state index is 4.62. The maximum Gasteiger partial charge on any atom is 0.109 e. The molecule has 25 heavy (non-hydrogen) atoms. The van der Waals surface area contributed by atoms with Crippen molar-refractivity contribution < 1.29 is 0 Å². The molecule has 0 unspecified atom stereocenters. The first-order chi connectivity index (χ1) is 12.1. The summed E-state index contributed by atoms with van der Waals surface area (Å²) in [5.41, 5.74) is 6.44. The van der Waals surface area contributed by atoms with Crippen LogP contribution >= 0.6 is 0 Å². The summed E-state index contributed by atoms with van der Waals surface area (Å²) in [6, 6.07) is 14.5. The first-order valence-corrected chi connectivity index (χ1v) is 8.59. The van der Waals surface area contributed by atoms with Gasteiger partial charge in [-0.1, -0.05) is 38.6 Å². The summed E-state index contributed by atoms with van der Waals surface area (Å²) in [5, 5.41) is 4.67. The molecule has 0 atom stereocenters. The predicted octanol–water partition coefficient (Wildman–Crippen LogP) is 5.34. The Morgan fingerprint density at radius 2 is 2.00 bits per heavy atom. The lowest BCUT2D eigenvalue weighted by Crippen LogP contribution is -2.01. The molecule has 2 aromatic carbocycles. The van der Waals surface area contributed by atoms with Crippen molar-refractivity contribution in [1.29, 1.82) is 0 Å². The fraction of sp³-hybridized carbons (Fsp3) is 0.190. The summed E-state index contributed by atoms with van der Waals surface area (Å²) in [7, 11) is 0. The lowest BCUT2D eigenvalue weighted by molar-refractivity contribution is 0.799. The minimum absolute atomic E-state index is 0.389. The van der Waals surface area contributed by atoms with Gasteiger partial charge in [-0.2, -0.15) is 0 Å². The van der Waals surface area contributed by atoms with Gasteiger partial charge in [0.15, 0.2) is 0 Å². The van der Waals surface area contributed by atoms with Crippen molar-refractivity contribution in [2.24, 2.45) is 0 Å². The largest absolute Gasteiger partial charge is 0.361 e. The first kappa shape index (κ1) is 15.5. The predicted molar refractivity (Wildman–Crippen MR) is 105 cm³/mol. The molecule has 4 rings (SSSR count). The molecule has 0 bridgehead atoms. The van der Waals surface area contributed by atoms with E-state index in [1.54, 1.807) is 0 Å². The minimum atomic E-state index is 0.389. The third-order valence-electron chi connectivity index (χ3n) is 4.45. The van der Waals surface area contributed by atoms with E-state index in [-0.39, 0.29) is 0 Å². The van der Waals surface area contributed by atoms with Crippen molar-refractivity contribution in [2.75, 3.05) is 5.32 Å². The van der Waals surface area contributed by atoms with Crippen molar-refractivity contribution in [3.8, 4) is 0 Å². The summed E-state index contributed by atoms with van der Waals surface area (Å²) < 4.78 is 0. The quantitative estimate of drug-likeness (QED) is 0.463. The Hall–Kier alpha value is -3.01. The Balaban J connectivity index is 1.53. The number of benzene rings is 2. The van der Waals surface area contributed by atoms with Crippen molar-refractivity contribution in [2.45, 2.75) is 26.2 Å². The van der Waals surface area contributed by atoms with Gasteiger partial charge in [-0.25, -0.2) is 4.98 Å². The Kier molecular flexibility index (Phi) is 3.80. The average Bonchev–Trinajstić information content (AvgIpc) is 3.19. The molecule has 0 aliphatic carbocycles. The van der Waals surface area contributed by atoms with Crippen molar-refractivity contribution in [1.82, 2.24) is 15.0 Å². The van der Waals surface area contributed by atoms with Crippen LogP contribution in [0.4, 0.5) is 5.69 Å². The third kappa shape index (κ3) is 3.03. The van der Waals surface area contributed by atoms with E-state index in [4.69, 9.17) is 0 Å². The number of hydrogen-bond acceptors (Lipinski definition) is 2. The molecule has 0 saturated heterocycles. The van der Waals surface area contributed by atoms with Gasteiger partial charge < -0.3 is 15.3 Å². The Morgan fingerprint density at radius 1 is 1.16 bits per heavy atom. The van der Waals surface area contributed by atoms with Gasteiger partial charge in [0.1, 0.15) is 5.82 Å². The number of nitrogens with zero attached hydrogens (tertiary/aromatic N) is 1. The molecular weight excluding hydrogens is 308 g/mol. The number of nitrogens with one attached hydrogen (secondary N) is 3. The Labute approximate surface area is 147 Å². The van der Waals surface area contributed by atoms with E-state index in [9.17, 15) is 0 Å². The van der Waals surface area contributed by atoms with Crippen LogP contribution in [0.5, 0.6) is 0 Å². The molecular formula is C21H22N4. The summed E-state index contributed by atoms with van der Waals surface area (Å²) in [6.45, 7) is 8.47. The van der Waals surface area contributed by atoms with Crippen molar-refractivity contribution >= 4 is 27.6 Å². The van der Waals surface area contributed by atoms with Crippen LogP contribution in [0.3, 0.4) is 0 Å². The topological polar surface area (TPSA) is 56.5 Å². The number of fused-ring (bicyclic) bond motifs is 2. The maximum absolute atomic E-state index is 4.62. The molecule has 0 fully saturated rings. The van der Waals surface area contributed by atoms with E-state index in [0.717, 1.165) is 40.2 Å². The van der Waals surface area contributed by atoms with Gasteiger partial charge in [0.2, 0.25) is 0 Å². The average molecular weight is 330 g/mol. The lowest BCUT2D eigenvalue weighted by Gasteiger charge is -2.09. The van der Waals surface area contributed by atoms with E-state index in [0.29, 0.717) is 5.92 Å². The molecule has 4 heteroatoms. The number of allylic oxidation sites excluding steroid dienone is 1. The highest BCUT2D eigenvalue weighted by molar-refractivity contribution is 5.83. The zero-order chi connectivity index (χ0) is 17.4. The van der Waals surface area contributed by atoms with Crippen LogP contribution in [0.1, 0.15) is 31.2 Å². The molecule has 0 aliphatic rings. The molecule has 0 spiro atoms. The highest BCUT2D eigenvalue weighted by Gasteiger charge is 2.08. The van der Waals surface area contributed by atoms with Crippen LogP contribution in [0.15, 0.2) is 60.9 Å². The fourth-order valence-corrected chi connectivity index (χ4v) is 3.14. The second-order valence-corrected chi connectivity index (χ2v) is 6.77. The molecule has 0 saturated carbocycles. The highest BCUT2D eigenvalue weighted by Crippen LogP contribution is 2.23. The number of aromatic amines is 2. The van der Waals surface area contributed by atoms with Gasteiger partial charge in [-0.3, -0.25) is 0 Å². The summed E-state index contributed by atoms with van der Waals surface area (Å²) >= 11 is 0. The standard InChI is InChI=1S/C21H22N4/c1-13(2)21-24-19-9-8-16(11-20(19)25-21)23-14(3)10-15-12-22-18-7-5-4-6-17(15)18/h4-9,11-13,22-23H,3,10H2,1-2H3,(H,24,25). The number of imidazole rings is 1. The molecule has 126 valence electrons. The Bertz CT molecular complexity index is 1050. The van der Waals surface area contributed by atoms with Gasteiger partial charge in [-0.15, -0.1) is 0 Å². The van der Waals surface area contributed by atoms with Crippen LogP contribution < -0.4 is 5.32 Å². The van der Waals surface area contributed by atoms with Gasteiger partial charge >= 0.3 is 0 Å². The molecule has 4 aromatic rings. The van der Waals surface area contributed by atoms with Crippen LogP contribution in [-0.2, 0) is 6.42 Å². The van der Waals surface area contributed by atoms with Crippen molar-refractivity contribution in [3.05, 3.63) is 72.3 Å². The van der Waals surface area contributed by atoms with E-state index >= 15 is 0 Å².